The third-order valence-corrected chi connectivity index (χ3v) is 4.92. The van der Waals surface area contributed by atoms with E-state index < -0.39 is 0 Å². The lowest BCUT2D eigenvalue weighted by molar-refractivity contribution is 0.190. The van der Waals surface area contributed by atoms with Crippen molar-refractivity contribution in [2.75, 3.05) is 31.3 Å². The summed E-state index contributed by atoms with van der Waals surface area (Å²) in [4.78, 5) is 4.39. The van der Waals surface area contributed by atoms with Crippen molar-refractivity contribution in [3.8, 4) is 0 Å². The molecule has 1 aliphatic heterocycles. The highest BCUT2D eigenvalue weighted by molar-refractivity contribution is 8.00. The largest absolute Gasteiger partial charge is 0.385 e. The van der Waals surface area contributed by atoms with Crippen LogP contribution in [0.1, 0.15) is 26.2 Å². The highest BCUT2D eigenvalue weighted by atomic mass is 32.2. The van der Waals surface area contributed by atoms with Gasteiger partial charge in [0, 0.05) is 43.9 Å². The SMILES string of the molecule is COCCCn1ccnc1NCC1(C)CCCS1. The van der Waals surface area contributed by atoms with Gasteiger partial charge in [-0.1, -0.05) is 0 Å². The number of hydrogen-bond acceptors (Lipinski definition) is 4. The van der Waals surface area contributed by atoms with Crippen LogP contribution in [0.4, 0.5) is 5.95 Å². The molecule has 1 aromatic heterocycles. The second kappa shape index (κ2) is 6.48. The van der Waals surface area contributed by atoms with Crippen LogP contribution in [0.2, 0.25) is 0 Å². The number of aromatic nitrogens is 2. The van der Waals surface area contributed by atoms with E-state index in [2.05, 4.69) is 33.6 Å². The molecular formula is C13H23N3OS. The Kier molecular flexibility index (Phi) is 4.95. The van der Waals surface area contributed by atoms with E-state index >= 15 is 0 Å². The van der Waals surface area contributed by atoms with Crippen molar-refractivity contribution in [1.29, 1.82) is 0 Å². The number of anilines is 1. The summed E-state index contributed by atoms with van der Waals surface area (Å²) in [6, 6.07) is 0. The Morgan fingerprint density at radius 2 is 2.50 bits per heavy atom. The number of rotatable bonds is 7. The maximum atomic E-state index is 5.08. The molecule has 1 fully saturated rings. The van der Waals surface area contributed by atoms with E-state index in [-0.39, 0.29) is 0 Å². The summed E-state index contributed by atoms with van der Waals surface area (Å²) in [5.41, 5.74) is 0. The van der Waals surface area contributed by atoms with E-state index in [4.69, 9.17) is 4.74 Å². The summed E-state index contributed by atoms with van der Waals surface area (Å²) in [5, 5.41) is 3.49. The molecule has 0 bridgehead atoms. The Labute approximate surface area is 114 Å². The monoisotopic (exact) mass is 269 g/mol. The normalized spacial score (nSPS) is 23.4. The predicted octanol–water partition coefficient (Wildman–Crippen LogP) is 2.62. The molecule has 102 valence electrons. The van der Waals surface area contributed by atoms with E-state index in [9.17, 15) is 0 Å². The maximum Gasteiger partial charge on any atom is 0.202 e. The number of thioether (sulfide) groups is 1. The van der Waals surface area contributed by atoms with Gasteiger partial charge in [0.25, 0.3) is 0 Å². The first kappa shape index (κ1) is 13.7. The average molecular weight is 269 g/mol. The van der Waals surface area contributed by atoms with Crippen molar-refractivity contribution in [1.82, 2.24) is 9.55 Å². The smallest absolute Gasteiger partial charge is 0.202 e. The fourth-order valence-corrected chi connectivity index (χ4v) is 3.52. The molecule has 1 aromatic rings. The second-order valence-corrected chi connectivity index (χ2v) is 6.73. The zero-order chi connectivity index (χ0) is 12.8. The molecule has 2 heterocycles. The summed E-state index contributed by atoms with van der Waals surface area (Å²) in [5.74, 6) is 2.28. The first-order chi connectivity index (χ1) is 8.73. The first-order valence-corrected chi connectivity index (χ1v) is 7.60. The van der Waals surface area contributed by atoms with Crippen molar-refractivity contribution < 1.29 is 4.74 Å². The van der Waals surface area contributed by atoms with Gasteiger partial charge in [-0.25, -0.2) is 4.98 Å². The minimum absolute atomic E-state index is 0.378. The summed E-state index contributed by atoms with van der Waals surface area (Å²) in [6.07, 6.45) is 7.55. The van der Waals surface area contributed by atoms with Gasteiger partial charge >= 0.3 is 0 Å². The molecule has 0 aromatic carbocycles. The Hall–Kier alpha value is -0.680. The average Bonchev–Trinajstić information content (AvgIpc) is 2.97. The van der Waals surface area contributed by atoms with E-state index in [1.165, 1.54) is 18.6 Å². The van der Waals surface area contributed by atoms with Crippen LogP contribution >= 0.6 is 11.8 Å². The van der Waals surface area contributed by atoms with E-state index in [1.807, 2.05) is 12.4 Å². The fraction of sp³-hybridized carbons (Fsp3) is 0.769. The Bertz CT molecular complexity index is 361. The van der Waals surface area contributed by atoms with Crippen molar-refractivity contribution in [2.24, 2.45) is 0 Å². The van der Waals surface area contributed by atoms with Crippen molar-refractivity contribution in [3.63, 3.8) is 0 Å². The van der Waals surface area contributed by atoms with Gasteiger partial charge in [0.15, 0.2) is 0 Å². The molecule has 1 aliphatic rings. The van der Waals surface area contributed by atoms with Crippen LogP contribution in [-0.2, 0) is 11.3 Å². The molecule has 1 unspecified atom stereocenters. The van der Waals surface area contributed by atoms with Crippen molar-refractivity contribution in [2.45, 2.75) is 37.5 Å². The molecule has 1 atom stereocenters. The summed E-state index contributed by atoms with van der Waals surface area (Å²) < 4.78 is 7.63. The minimum atomic E-state index is 0.378. The number of nitrogens with one attached hydrogen (secondary N) is 1. The molecule has 0 spiro atoms. The number of ether oxygens (including phenoxy) is 1. The molecule has 1 N–H and O–H groups in total. The van der Waals surface area contributed by atoms with Gasteiger partial charge < -0.3 is 14.6 Å². The zero-order valence-corrected chi connectivity index (χ0v) is 12.1. The van der Waals surface area contributed by atoms with Gasteiger partial charge in [0.05, 0.1) is 0 Å². The van der Waals surface area contributed by atoms with Crippen LogP contribution in [0, 0.1) is 0 Å². The van der Waals surface area contributed by atoms with E-state index in [0.717, 1.165) is 32.1 Å². The molecule has 0 amide bonds. The van der Waals surface area contributed by atoms with Crippen LogP contribution in [0.5, 0.6) is 0 Å². The Morgan fingerprint density at radius 1 is 1.61 bits per heavy atom. The number of methoxy groups -OCH3 is 1. The number of imidazole rings is 1. The molecular weight excluding hydrogens is 246 g/mol. The van der Waals surface area contributed by atoms with Gasteiger partial charge in [-0.2, -0.15) is 11.8 Å². The zero-order valence-electron chi connectivity index (χ0n) is 11.3. The summed E-state index contributed by atoms with van der Waals surface area (Å²) in [6.45, 7) is 5.10. The minimum Gasteiger partial charge on any atom is -0.385 e. The quantitative estimate of drug-likeness (QED) is 0.772. The van der Waals surface area contributed by atoms with Gasteiger partial charge in [-0.05, 0) is 31.9 Å². The highest BCUT2D eigenvalue weighted by Gasteiger charge is 2.29. The second-order valence-electron chi connectivity index (χ2n) is 5.05. The topological polar surface area (TPSA) is 39.1 Å². The Morgan fingerprint density at radius 3 is 3.22 bits per heavy atom. The summed E-state index contributed by atoms with van der Waals surface area (Å²) in [7, 11) is 1.74. The van der Waals surface area contributed by atoms with Gasteiger partial charge in [0.1, 0.15) is 0 Å². The molecule has 0 saturated carbocycles. The maximum absolute atomic E-state index is 5.08. The van der Waals surface area contributed by atoms with Crippen LogP contribution in [0.15, 0.2) is 12.4 Å². The third-order valence-electron chi connectivity index (χ3n) is 3.38. The van der Waals surface area contributed by atoms with E-state index in [0.29, 0.717) is 4.75 Å². The van der Waals surface area contributed by atoms with Crippen molar-refractivity contribution in [3.05, 3.63) is 12.4 Å². The lowest BCUT2D eigenvalue weighted by atomic mass is 10.1. The van der Waals surface area contributed by atoms with Crippen molar-refractivity contribution >= 4 is 17.7 Å². The Balaban J connectivity index is 1.83. The van der Waals surface area contributed by atoms with Gasteiger partial charge in [0.2, 0.25) is 5.95 Å². The first-order valence-electron chi connectivity index (χ1n) is 6.61. The van der Waals surface area contributed by atoms with Crippen LogP contribution in [-0.4, -0.2) is 40.3 Å². The molecule has 1 saturated heterocycles. The standard InChI is InChI=1S/C13H23N3OS/c1-13(5-3-10-18-13)11-15-12-14-6-8-16(12)7-4-9-17-2/h6,8H,3-5,7,9-11H2,1-2H3,(H,14,15). The molecule has 0 radical (unpaired) electrons. The highest BCUT2D eigenvalue weighted by Crippen LogP contribution is 2.37. The van der Waals surface area contributed by atoms with Gasteiger partial charge in [-0.3, -0.25) is 0 Å². The molecule has 0 aliphatic carbocycles. The lowest BCUT2D eigenvalue weighted by Crippen LogP contribution is -2.28. The fourth-order valence-electron chi connectivity index (χ4n) is 2.28. The van der Waals surface area contributed by atoms with E-state index in [1.54, 1.807) is 7.11 Å². The number of hydrogen-bond donors (Lipinski definition) is 1. The van der Waals surface area contributed by atoms with Crippen LogP contribution in [0.25, 0.3) is 0 Å². The molecule has 5 heteroatoms. The molecule has 18 heavy (non-hydrogen) atoms. The number of aryl methyl sites for hydroxylation is 1. The number of nitrogens with zero attached hydrogens (tertiary/aromatic N) is 2. The third kappa shape index (κ3) is 3.65. The lowest BCUT2D eigenvalue weighted by Gasteiger charge is -2.23. The van der Waals surface area contributed by atoms with Gasteiger partial charge in [-0.15, -0.1) is 0 Å². The van der Waals surface area contributed by atoms with Crippen LogP contribution in [0.3, 0.4) is 0 Å². The molecule has 4 nitrogen and oxygen atoms in total. The predicted molar refractivity (Wildman–Crippen MR) is 77.3 cm³/mol. The van der Waals surface area contributed by atoms with Crippen LogP contribution < -0.4 is 5.32 Å². The summed E-state index contributed by atoms with van der Waals surface area (Å²) >= 11 is 2.07. The molecule has 2 rings (SSSR count).